The summed E-state index contributed by atoms with van der Waals surface area (Å²) in [5, 5.41) is 11.6. The lowest BCUT2D eigenvalue weighted by molar-refractivity contribution is 0.0456. The number of aliphatic hydroxyl groups excluding tert-OH is 1. The van der Waals surface area contributed by atoms with Gasteiger partial charge in [-0.05, 0) is 79.7 Å². The normalized spacial score (nSPS) is 25.2. The number of methoxy groups -OCH3 is 1. The molecule has 1 saturated carbocycles. The molecule has 4 atom stereocenters. The van der Waals surface area contributed by atoms with E-state index in [1.807, 2.05) is 12.1 Å². The molecule has 1 aliphatic heterocycles. The van der Waals surface area contributed by atoms with Crippen LogP contribution in [0.15, 0.2) is 42.5 Å². The van der Waals surface area contributed by atoms with Crippen LogP contribution in [0.3, 0.4) is 0 Å². The highest BCUT2D eigenvalue weighted by atomic mass is 35.5. The number of aliphatic hydroxyl groups is 1. The monoisotopic (exact) mass is 541 g/mol. The van der Waals surface area contributed by atoms with Crippen LogP contribution in [-0.2, 0) is 16.6 Å². The van der Waals surface area contributed by atoms with E-state index >= 15 is 0 Å². The lowest BCUT2D eigenvalue weighted by atomic mass is 9.68. The molecule has 2 aromatic rings. The Morgan fingerprint density at radius 3 is 2.92 bits per heavy atom. The number of carbonyl (C=O) groups excluding carboxylic acids is 1. The number of anilines is 1. The highest BCUT2D eigenvalue weighted by Gasteiger charge is 2.44. The second-order valence-corrected chi connectivity index (χ2v) is 11.5. The summed E-state index contributed by atoms with van der Waals surface area (Å²) in [6.07, 6.45) is 10.4. The van der Waals surface area contributed by atoms with Gasteiger partial charge in [-0.2, -0.15) is 0 Å². The van der Waals surface area contributed by atoms with E-state index in [2.05, 4.69) is 30.0 Å². The molecule has 1 unspecified atom stereocenters. The van der Waals surface area contributed by atoms with Crippen LogP contribution in [-0.4, -0.2) is 44.0 Å². The van der Waals surface area contributed by atoms with Crippen molar-refractivity contribution in [2.75, 3.05) is 31.7 Å². The van der Waals surface area contributed by atoms with Crippen molar-refractivity contribution in [3.63, 3.8) is 0 Å². The topological polar surface area (TPSA) is 59.0 Å². The van der Waals surface area contributed by atoms with Crippen molar-refractivity contribution in [3.8, 4) is 5.75 Å². The fourth-order valence-electron chi connectivity index (χ4n) is 6.50. The van der Waals surface area contributed by atoms with Gasteiger partial charge in [0.15, 0.2) is 0 Å². The average Bonchev–Trinajstić information content (AvgIpc) is 3.02. The first-order valence-corrected chi connectivity index (χ1v) is 14.2. The van der Waals surface area contributed by atoms with Crippen LogP contribution in [0.4, 0.5) is 10.1 Å². The summed E-state index contributed by atoms with van der Waals surface area (Å²) in [5.74, 6) is -0.476. The molecule has 7 heteroatoms. The molecule has 1 spiro atoms. The van der Waals surface area contributed by atoms with Crippen molar-refractivity contribution in [1.29, 1.82) is 0 Å². The number of rotatable bonds is 7. The lowest BCUT2D eigenvalue weighted by Crippen LogP contribution is -2.49. The van der Waals surface area contributed by atoms with Crippen molar-refractivity contribution in [1.82, 2.24) is 0 Å². The van der Waals surface area contributed by atoms with Gasteiger partial charge in [0, 0.05) is 29.6 Å². The van der Waals surface area contributed by atoms with E-state index in [9.17, 15) is 14.3 Å². The van der Waals surface area contributed by atoms with Crippen LogP contribution >= 0.6 is 11.6 Å². The van der Waals surface area contributed by atoms with Gasteiger partial charge in [0.25, 0.3) is 0 Å². The van der Waals surface area contributed by atoms with Gasteiger partial charge in [-0.3, -0.25) is 0 Å². The summed E-state index contributed by atoms with van der Waals surface area (Å²) >= 11 is 6.35. The predicted octanol–water partition coefficient (Wildman–Crippen LogP) is 6.48. The van der Waals surface area contributed by atoms with Crippen LogP contribution in [0, 0.1) is 17.7 Å². The molecule has 1 heterocycles. The Labute approximate surface area is 229 Å². The Balaban J connectivity index is 1.51. The molecule has 0 bridgehead atoms. The molecular formula is C31H37ClFNO4. The third kappa shape index (κ3) is 5.17. The van der Waals surface area contributed by atoms with Gasteiger partial charge < -0.3 is 19.5 Å². The summed E-state index contributed by atoms with van der Waals surface area (Å²) in [4.78, 5) is 14.6. The van der Waals surface area contributed by atoms with Crippen LogP contribution in [0.2, 0.25) is 5.02 Å². The molecule has 0 aromatic heterocycles. The SMILES string of the molecule is CCC/C=C/[C@H](O)[C@@H]1CC[C@H]1CN1CC2(CCCc3cc(Cl)ccc32)COc2cc(F)c(C(=O)OC)cc21. The number of benzene rings is 2. The van der Waals surface area contributed by atoms with Gasteiger partial charge in [-0.1, -0.05) is 43.2 Å². The number of aryl methyl sites for hydroxylation is 1. The second kappa shape index (κ2) is 11.3. The summed E-state index contributed by atoms with van der Waals surface area (Å²) in [6, 6.07) is 9.00. The molecule has 1 fully saturated rings. The number of carbonyl (C=O) groups is 1. The molecule has 5 rings (SSSR count). The lowest BCUT2D eigenvalue weighted by Gasteiger charge is -2.45. The summed E-state index contributed by atoms with van der Waals surface area (Å²) in [6.45, 7) is 3.90. The molecular weight excluding hydrogens is 505 g/mol. The van der Waals surface area contributed by atoms with E-state index in [1.165, 1.54) is 24.3 Å². The maximum Gasteiger partial charge on any atom is 0.340 e. The van der Waals surface area contributed by atoms with Crippen molar-refractivity contribution in [2.24, 2.45) is 11.8 Å². The van der Waals surface area contributed by atoms with Gasteiger partial charge in [0.1, 0.15) is 11.6 Å². The maximum atomic E-state index is 15.0. The molecule has 2 aliphatic carbocycles. The maximum absolute atomic E-state index is 15.0. The van der Waals surface area contributed by atoms with Gasteiger partial charge in [0.2, 0.25) is 0 Å². The molecule has 0 saturated heterocycles. The summed E-state index contributed by atoms with van der Waals surface area (Å²) in [5.41, 5.74) is 2.77. The molecule has 3 aliphatic rings. The fraction of sp³-hybridized carbons (Fsp3) is 0.516. The Bertz CT molecular complexity index is 1220. The number of unbranched alkanes of at least 4 members (excludes halogenated alkanes) is 1. The number of esters is 1. The number of nitrogens with zero attached hydrogens (tertiary/aromatic N) is 1. The Morgan fingerprint density at radius 1 is 1.34 bits per heavy atom. The first-order chi connectivity index (χ1) is 18.3. The van der Waals surface area contributed by atoms with E-state index < -0.39 is 17.9 Å². The molecule has 2 aromatic carbocycles. The quantitative estimate of drug-likeness (QED) is 0.321. The van der Waals surface area contributed by atoms with Crippen molar-refractivity contribution >= 4 is 23.3 Å². The van der Waals surface area contributed by atoms with Gasteiger partial charge in [0.05, 0.1) is 31.1 Å². The number of hydrogen-bond donors (Lipinski definition) is 1. The minimum absolute atomic E-state index is 0.0979. The van der Waals surface area contributed by atoms with E-state index in [-0.39, 0.29) is 22.8 Å². The zero-order valence-corrected chi connectivity index (χ0v) is 23.0. The molecule has 38 heavy (non-hydrogen) atoms. The third-order valence-electron chi connectivity index (χ3n) is 8.69. The van der Waals surface area contributed by atoms with Gasteiger partial charge in [-0.25, -0.2) is 9.18 Å². The van der Waals surface area contributed by atoms with E-state index in [0.29, 0.717) is 31.1 Å². The Kier molecular flexibility index (Phi) is 8.01. The second-order valence-electron chi connectivity index (χ2n) is 11.1. The predicted molar refractivity (Wildman–Crippen MR) is 148 cm³/mol. The number of allylic oxidation sites excluding steroid dienone is 1. The highest BCUT2D eigenvalue weighted by molar-refractivity contribution is 6.30. The number of fused-ring (bicyclic) bond motifs is 3. The standard InChI is InChI=1S/C31H37ClFNO4/c1-3-4-5-8-28(35)23-11-9-21(23)17-34-18-31(13-6-7-20-14-22(32)10-12-25(20)31)19-38-29-16-26(33)24(15-27(29)34)30(36)37-2/h5,8,10,12,14-16,21,23,28,35H,3-4,6-7,9,11,13,17-19H2,1-2H3/b8-5+/t21-,23+,28-,31?/m0/s1. The number of halogens is 2. The van der Waals surface area contributed by atoms with Crippen molar-refractivity contribution < 1.29 is 23.8 Å². The van der Waals surface area contributed by atoms with Crippen molar-refractivity contribution in [2.45, 2.75) is 63.4 Å². The Hall–Kier alpha value is -2.57. The van der Waals surface area contributed by atoms with Gasteiger partial charge >= 0.3 is 5.97 Å². The molecule has 5 nitrogen and oxygen atoms in total. The zero-order valence-electron chi connectivity index (χ0n) is 22.2. The van der Waals surface area contributed by atoms with E-state index in [4.69, 9.17) is 21.1 Å². The van der Waals surface area contributed by atoms with Crippen LogP contribution in [0.5, 0.6) is 5.75 Å². The molecule has 204 valence electrons. The third-order valence-corrected chi connectivity index (χ3v) is 8.93. The van der Waals surface area contributed by atoms with Crippen LogP contribution < -0.4 is 9.64 Å². The first kappa shape index (κ1) is 27.0. The van der Waals surface area contributed by atoms with E-state index in [0.717, 1.165) is 50.0 Å². The van der Waals surface area contributed by atoms with E-state index in [1.54, 1.807) is 6.07 Å². The minimum Gasteiger partial charge on any atom is -0.490 e. The summed E-state index contributed by atoms with van der Waals surface area (Å²) in [7, 11) is 1.26. The van der Waals surface area contributed by atoms with Crippen LogP contribution in [0.25, 0.3) is 0 Å². The molecule has 0 radical (unpaired) electrons. The average molecular weight is 542 g/mol. The highest BCUT2D eigenvalue weighted by Crippen LogP contribution is 2.47. The number of hydrogen-bond acceptors (Lipinski definition) is 5. The minimum atomic E-state index is -0.708. The zero-order chi connectivity index (χ0) is 26.9. The first-order valence-electron chi connectivity index (χ1n) is 13.8. The Morgan fingerprint density at radius 2 is 2.18 bits per heavy atom. The number of ether oxygens (including phenoxy) is 2. The largest absolute Gasteiger partial charge is 0.490 e. The van der Waals surface area contributed by atoms with Crippen molar-refractivity contribution in [3.05, 3.63) is 70.0 Å². The van der Waals surface area contributed by atoms with Gasteiger partial charge in [-0.15, -0.1) is 0 Å². The summed E-state index contributed by atoms with van der Waals surface area (Å²) < 4.78 is 26.2. The smallest absolute Gasteiger partial charge is 0.340 e. The molecule has 0 amide bonds. The fourth-order valence-corrected chi connectivity index (χ4v) is 6.69. The van der Waals surface area contributed by atoms with Crippen LogP contribution in [0.1, 0.15) is 66.9 Å². The molecule has 1 N–H and O–H groups in total.